The summed E-state index contributed by atoms with van der Waals surface area (Å²) < 4.78 is 24.3. The molecule has 0 aliphatic carbocycles. The van der Waals surface area contributed by atoms with Gasteiger partial charge in [-0.2, -0.15) is 0 Å². The average Bonchev–Trinajstić information content (AvgIpc) is 3.45. The van der Waals surface area contributed by atoms with Crippen LogP contribution >= 0.6 is 11.3 Å². The van der Waals surface area contributed by atoms with Gasteiger partial charge in [-0.1, -0.05) is 30.3 Å². The molecule has 0 saturated carbocycles. The molecule has 0 saturated heterocycles. The molecule has 2 amide bonds. The monoisotopic (exact) mass is 522 g/mol. The first-order valence-corrected chi connectivity index (χ1v) is 12.7. The lowest BCUT2D eigenvalue weighted by Crippen LogP contribution is -2.43. The van der Waals surface area contributed by atoms with Crippen molar-refractivity contribution in [1.82, 2.24) is 9.80 Å². The molecule has 2 aromatic carbocycles. The summed E-state index contributed by atoms with van der Waals surface area (Å²) in [7, 11) is 1.58. The van der Waals surface area contributed by atoms with Crippen molar-refractivity contribution in [2.24, 2.45) is 0 Å². The van der Waals surface area contributed by atoms with Crippen LogP contribution in [0.25, 0.3) is 11.0 Å². The van der Waals surface area contributed by atoms with Crippen molar-refractivity contribution in [3.63, 3.8) is 0 Å². The van der Waals surface area contributed by atoms with Crippen LogP contribution in [0.2, 0.25) is 0 Å². The summed E-state index contributed by atoms with van der Waals surface area (Å²) in [5.74, 6) is -0.978. The Morgan fingerprint density at radius 2 is 1.78 bits per heavy atom. The summed E-state index contributed by atoms with van der Waals surface area (Å²) >= 11 is 1.31. The smallest absolute Gasteiger partial charge is 0.264 e. The van der Waals surface area contributed by atoms with E-state index >= 15 is 0 Å². The van der Waals surface area contributed by atoms with Gasteiger partial charge in [0.15, 0.2) is 5.43 Å². The average molecular weight is 523 g/mol. The summed E-state index contributed by atoms with van der Waals surface area (Å²) in [6, 6.07) is 16.2. The summed E-state index contributed by atoms with van der Waals surface area (Å²) in [6.45, 7) is 0.701. The maximum atomic E-state index is 13.6. The van der Waals surface area contributed by atoms with Gasteiger partial charge in [0, 0.05) is 26.8 Å². The number of carbonyl (C=O) groups is 2. The highest BCUT2D eigenvalue weighted by atomic mass is 32.1. The molecule has 192 valence electrons. The molecule has 37 heavy (non-hydrogen) atoms. The number of halogens is 1. The van der Waals surface area contributed by atoms with E-state index in [0.29, 0.717) is 46.5 Å². The van der Waals surface area contributed by atoms with Crippen LogP contribution in [0.4, 0.5) is 4.39 Å². The summed E-state index contributed by atoms with van der Waals surface area (Å²) in [5.41, 5.74) is 1.23. The van der Waals surface area contributed by atoms with Crippen molar-refractivity contribution < 1.29 is 23.1 Å². The quantitative estimate of drug-likeness (QED) is 0.267. The SMILES string of the molecule is COCCCN(CC(=O)N(Cc1ccc(F)cc1)Cc1coc2ccccc2c1=O)C(=O)c1cccs1. The number of benzene rings is 2. The molecule has 0 radical (unpaired) electrons. The van der Waals surface area contributed by atoms with Gasteiger partial charge in [0.2, 0.25) is 5.91 Å². The van der Waals surface area contributed by atoms with Gasteiger partial charge in [-0.3, -0.25) is 14.4 Å². The Labute approximate surface area is 217 Å². The topological polar surface area (TPSA) is 80.1 Å². The number of rotatable bonds is 11. The minimum atomic E-state index is -0.386. The van der Waals surface area contributed by atoms with Crippen LogP contribution in [0.5, 0.6) is 0 Å². The van der Waals surface area contributed by atoms with E-state index in [1.807, 2.05) is 5.38 Å². The van der Waals surface area contributed by atoms with Gasteiger partial charge in [-0.15, -0.1) is 11.3 Å². The van der Waals surface area contributed by atoms with Crippen LogP contribution in [0.3, 0.4) is 0 Å². The number of para-hydroxylation sites is 1. The van der Waals surface area contributed by atoms with E-state index in [0.717, 1.165) is 0 Å². The van der Waals surface area contributed by atoms with E-state index in [9.17, 15) is 18.8 Å². The van der Waals surface area contributed by atoms with Crippen molar-refractivity contribution in [3.8, 4) is 0 Å². The molecular weight excluding hydrogens is 495 g/mol. The minimum Gasteiger partial charge on any atom is -0.464 e. The molecule has 0 atom stereocenters. The minimum absolute atomic E-state index is 0.0253. The molecular formula is C28H27FN2O5S. The number of methoxy groups -OCH3 is 1. The summed E-state index contributed by atoms with van der Waals surface area (Å²) in [6.07, 6.45) is 1.93. The molecule has 4 rings (SSSR count). The molecule has 2 aromatic heterocycles. The van der Waals surface area contributed by atoms with Crippen LogP contribution < -0.4 is 5.43 Å². The Hall–Kier alpha value is -3.82. The number of carbonyl (C=O) groups excluding carboxylic acids is 2. The third-order valence-corrected chi connectivity index (χ3v) is 6.73. The Bertz CT molecular complexity index is 1400. The van der Waals surface area contributed by atoms with Crippen LogP contribution in [-0.4, -0.2) is 48.4 Å². The predicted octanol–water partition coefficient (Wildman–Crippen LogP) is 4.70. The molecule has 0 fully saturated rings. The van der Waals surface area contributed by atoms with E-state index < -0.39 is 0 Å². The Kier molecular flexibility index (Phi) is 8.81. The lowest BCUT2D eigenvalue weighted by atomic mass is 10.1. The van der Waals surface area contributed by atoms with Gasteiger partial charge in [0.25, 0.3) is 5.91 Å². The van der Waals surface area contributed by atoms with Gasteiger partial charge in [0.1, 0.15) is 17.9 Å². The van der Waals surface area contributed by atoms with Crippen molar-refractivity contribution in [2.45, 2.75) is 19.5 Å². The first-order chi connectivity index (χ1) is 18.0. The van der Waals surface area contributed by atoms with Crippen molar-refractivity contribution in [3.05, 3.63) is 104 Å². The Morgan fingerprint density at radius 3 is 2.51 bits per heavy atom. The second kappa shape index (κ2) is 12.4. The zero-order chi connectivity index (χ0) is 26.2. The van der Waals surface area contributed by atoms with Gasteiger partial charge in [-0.25, -0.2) is 4.39 Å². The highest BCUT2D eigenvalue weighted by Crippen LogP contribution is 2.16. The number of fused-ring (bicyclic) bond motifs is 1. The molecule has 4 aromatic rings. The molecule has 0 N–H and O–H groups in total. The van der Waals surface area contributed by atoms with Crippen LogP contribution in [0.15, 0.2) is 81.5 Å². The normalized spacial score (nSPS) is 11.0. The van der Waals surface area contributed by atoms with Crippen LogP contribution in [0, 0.1) is 5.82 Å². The van der Waals surface area contributed by atoms with Crippen LogP contribution in [-0.2, 0) is 22.6 Å². The molecule has 0 spiro atoms. The van der Waals surface area contributed by atoms with Gasteiger partial charge < -0.3 is 19.0 Å². The number of ether oxygens (including phenoxy) is 1. The van der Waals surface area contributed by atoms with E-state index in [1.54, 1.807) is 55.6 Å². The fourth-order valence-electron chi connectivity index (χ4n) is 3.95. The maximum absolute atomic E-state index is 13.6. The number of nitrogens with zero attached hydrogens (tertiary/aromatic N) is 2. The second-order valence-corrected chi connectivity index (χ2v) is 9.46. The van der Waals surface area contributed by atoms with Crippen molar-refractivity contribution in [1.29, 1.82) is 0 Å². The maximum Gasteiger partial charge on any atom is 0.264 e. The standard InChI is InChI=1S/C28H27FN2O5S/c1-35-14-5-13-30(28(34)25-8-4-15-37-25)18-26(32)31(16-20-9-11-22(29)12-10-20)17-21-19-36-24-7-3-2-6-23(24)27(21)33/h2-4,6-12,15,19H,5,13-14,16-18H2,1H3. The van der Waals surface area contributed by atoms with E-state index in [2.05, 4.69) is 0 Å². The zero-order valence-corrected chi connectivity index (χ0v) is 21.2. The number of thiophene rings is 1. The number of amides is 2. The van der Waals surface area contributed by atoms with Crippen molar-refractivity contribution in [2.75, 3.05) is 26.8 Å². The summed E-state index contributed by atoms with van der Waals surface area (Å²) in [4.78, 5) is 43.4. The largest absolute Gasteiger partial charge is 0.464 e. The molecule has 0 unspecified atom stereocenters. The Balaban J connectivity index is 1.61. The third kappa shape index (κ3) is 6.69. The first-order valence-electron chi connectivity index (χ1n) is 11.8. The number of hydrogen-bond donors (Lipinski definition) is 0. The molecule has 0 bridgehead atoms. The van der Waals surface area contributed by atoms with Crippen LogP contribution in [0.1, 0.15) is 27.2 Å². The van der Waals surface area contributed by atoms with E-state index in [1.165, 1.54) is 39.5 Å². The van der Waals surface area contributed by atoms with Crippen molar-refractivity contribution >= 4 is 34.1 Å². The first kappa shape index (κ1) is 26.2. The van der Waals surface area contributed by atoms with Gasteiger partial charge in [0.05, 0.1) is 28.6 Å². The van der Waals surface area contributed by atoms with Gasteiger partial charge in [-0.05, 0) is 47.7 Å². The Morgan fingerprint density at radius 1 is 1.00 bits per heavy atom. The summed E-state index contributed by atoms with van der Waals surface area (Å²) in [5, 5.41) is 2.23. The fraction of sp³-hybridized carbons (Fsp3) is 0.250. The highest BCUT2D eigenvalue weighted by molar-refractivity contribution is 7.12. The lowest BCUT2D eigenvalue weighted by Gasteiger charge is -2.27. The molecule has 9 heteroatoms. The molecule has 2 heterocycles. The molecule has 0 aliphatic heterocycles. The van der Waals surface area contributed by atoms with E-state index in [-0.39, 0.29) is 42.7 Å². The molecule has 0 aliphatic rings. The highest BCUT2D eigenvalue weighted by Gasteiger charge is 2.24. The van der Waals surface area contributed by atoms with Gasteiger partial charge >= 0.3 is 0 Å². The lowest BCUT2D eigenvalue weighted by molar-refractivity contribution is -0.133. The number of hydrogen-bond acceptors (Lipinski definition) is 6. The fourth-order valence-corrected chi connectivity index (χ4v) is 4.64. The second-order valence-electron chi connectivity index (χ2n) is 8.51. The molecule has 7 nitrogen and oxygen atoms in total. The van der Waals surface area contributed by atoms with E-state index in [4.69, 9.17) is 9.15 Å². The third-order valence-electron chi connectivity index (χ3n) is 5.87. The zero-order valence-electron chi connectivity index (χ0n) is 20.4. The predicted molar refractivity (Wildman–Crippen MR) is 140 cm³/mol.